The van der Waals surface area contributed by atoms with E-state index < -0.39 is 70.7 Å². The summed E-state index contributed by atoms with van der Waals surface area (Å²) in [6.07, 6.45) is 1.37. The molecule has 13 nitrogen and oxygen atoms in total. The van der Waals surface area contributed by atoms with E-state index in [1.807, 2.05) is 62.3 Å². The van der Waals surface area contributed by atoms with Crippen molar-refractivity contribution in [1.29, 1.82) is 0 Å². The quantitative estimate of drug-likeness (QED) is 0.136. The van der Waals surface area contributed by atoms with Gasteiger partial charge in [0.15, 0.2) is 0 Å². The van der Waals surface area contributed by atoms with Crippen molar-refractivity contribution in [1.82, 2.24) is 26.2 Å². The fourth-order valence-corrected chi connectivity index (χ4v) is 5.90. The maximum absolute atomic E-state index is 14.2. The van der Waals surface area contributed by atoms with Gasteiger partial charge in [0, 0.05) is 13.1 Å². The average molecular weight is 636 g/mol. The van der Waals surface area contributed by atoms with E-state index in [2.05, 4.69) is 32.6 Å². The third-order valence-corrected chi connectivity index (χ3v) is 8.87. The summed E-state index contributed by atoms with van der Waals surface area (Å²) in [6, 6.07) is -4.20. The van der Waals surface area contributed by atoms with Crippen LogP contribution in [0, 0.1) is 28.1 Å². The maximum Gasteiger partial charge on any atom is 0.508 e. The molecule has 1 saturated heterocycles. The van der Waals surface area contributed by atoms with Crippen LogP contribution in [0.25, 0.3) is 0 Å². The molecule has 0 aromatic rings. The van der Waals surface area contributed by atoms with E-state index in [-0.39, 0.29) is 36.8 Å². The Kier molecular flexibility index (Phi) is 12.2. The van der Waals surface area contributed by atoms with Gasteiger partial charge < -0.3 is 35.6 Å². The number of carbonyl (C=O) groups is 6. The first-order valence-corrected chi connectivity index (χ1v) is 15.5. The highest BCUT2D eigenvalue weighted by Gasteiger charge is 2.70. The molecule has 13 heteroatoms. The number of Topliss-reactive ketones (excluding diaryl/α,β-unsaturated/α-hetero) is 1. The van der Waals surface area contributed by atoms with Gasteiger partial charge in [-0.25, -0.2) is 9.59 Å². The normalized spacial score (nSPS) is 22.1. The fourth-order valence-electron chi connectivity index (χ4n) is 5.90. The second-order valence-corrected chi connectivity index (χ2v) is 14.7. The summed E-state index contributed by atoms with van der Waals surface area (Å²) < 4.78 is 9.62. The number of piperidine rings is 1. The summed E-state index contributed by atoms with van der Waals surface area (Å²) in [5.41, 5.74) is -1.46. The molecular weight excluding hydrogens is 582 g/mol. The molecule has 2 rings (SSSR count). The molecule has 0 spiro atoms. The number of hydrogen-bond donors (Lipinski definition) is 4. The highest BCUT2D eigenvalue weighted by atomic mass is 16.7. The van der Waals surface area contributed by atoms with Crippen LogP contribution in [0.4, 0.5) is 9.59 Å². The molecule has 1 aliphatic carbocycles. The molecule has 1 aliphatic heterocycles. The second-order valence-electron chi connectivity index (χ2n) is 14.7. The Labute approximate surface area is 267 Å². The molecular formula is C32H53N5O8. The first-order chi connectivity index (χ1) is 20.7. The van der Waals surface area contributed by atoms with Gasteiger partial charge in [0.05, 0.1) is 19.2 Å². The largest absolute Gasteiger partial charge is 0.508 e. The minimum Gasteiger partial charge on any atom is -0.438 e. The molecule has 0 aromatic heterocycles. The summed E-state index contributed by atoms with van der Waals surface area (Å²) in [5, 5.41) is 10.8. The topological polar surface area (TPSA) is 172 Å². The van der Waals surface area contributed by atoms with Crippen molar-refractivity contribution in [2.45, 2.75) is 99.3 Å². The Hall–Kier alpha value is -3.64. The van der Waals surface area contributed by atoms with Crippen molar-refractivity contribution in [3.8, 4) is 0 Å². The van der Waals surface area contributed by atoms with Crippen molar-refractivity contribution in [2.75, 3.05) is 26.8 Å². The summed E-state index contributed by atoms with van der Waals surface area (Å²) in [7, 11) is 1.19. The number of ketones is 1. The molecule has 4 unspecified atom stereocenters. The highest BCUT2D eigenvalue weighted by Crippen LogP contribution is 2.65. The Morgan fingerprint density at radius 1 is 1.00 bits per heavy atom. The van der Waals surface area contributed by atoms with E-state index in [0.717, 1.165) is 0 Å². The Morgan fingerprint density at radius 3 is 2.13 bits per heavy atom. The number of likely N-dealkylation sites (tertiary alicyclic amines) is 1. The van der Waals surface area contributed by atoms with Gasteiger partial charge in [-0.2, -0.15) is 0 Å². The second kappa shape index (κ2) is 14.6. The molecule has 4 N–H and O–H groups in total. The van der Waals surface area contributed by atoms with Gasteiger partial charge in [0.1, 0.15) is 18.7 Å². The number of nitrogens with one attached hydrogen (secondary N) is 4. The zero-order valence-corrected chi connectivity index (χ0v) is 28.5. The lowest BCUT2D eigenvalue weighted by Gasteiger charge is -2.38. The Balaban J connectivity index is 2.30. The summed E-state index contributed by atoms with van der Waals surface area (Å²) in [5.74, 6) is -2.60. The standard InChI is InChI=1S/C32H53N5O8/c1-12-14-19(23(38)26(40)33-15-13-2)34-25(39)22-21-18(32(21,9)10)16-37(22)27(41)24(31(6,7)8)36-28(42)35-20(30(3,4)5)17-45-29(43)44-11/h13,18-22,24H,2,12,14-17H2,1,3-11H3,(H,33,40)(H,34,39)(H2,35,36,42)/t18-,19?,20?,21-,22?,24?/m0/s1. The first-order valence-electron chi connectivity index (χ1n) is 15.5. The molecule has 5 amide bonds. The fraction of sp³-hybridized carbons (Fsp3) is 0.750. The molecule has 2 fully saturated rings. The number of methoxy groups -OCH3 is 1. The van der Waals surface area contributed by atoms with Crippen molar-refractivity contribution in [2.24, 2.45) is 28.1 Å². The minimum atomic E-state index is -1.05. The van der Waals surface area contributed by atoms with Crippen molar-refractivity contribution >= 4 is 35.7 Å². The lowest BCUT2D eigenvalue weighted by atomic mass is 9.85. The van der Waals surface area contributed by atoms with Gasteiger partial charge in [-0.1, -0.05) is 74.8 Å². The lowest BCUT2D eigenvalue weighted by molar-refractivity contribution is -0.145. The van der Waals surface area contributed by atoms with Gasteiger partial charge >= 0.3 is 12.2 Å². The van der Waals surface area contributed by atoms with Crippen molar-refractivity contribution in [3.63, 3.8) is 0 Å². The summed E-state index contributed by atoms with van der Waals surface area (Å²) in [4.78, 5) is 79.7. The SMILES string of the molecule is C=CCNC(=O)C(=O)C(CCC)NC(=O)C1[C@@H]2[C@H](CN1C(=O)C(NC(=O)NC(COC(=O)OC)C(C)(C)C)C(C)(C)C)C2(C)C. The predicted molar refractivity (Wildman–Crippen MR) is 168 cm³/mol. The third-order valence-electron chi connectivity index (χ3n) is 8.87. The summed E-state index contributed by atoms with van der Waals surface area (Å²) >= 11 is 0. The number of rotatable bonds is 13. The number of nitrogens with zero attached hydrogens (tertiary/aromatic N) is 1. The van der Waals surface area contributed by atoms with Crippen LogP contribution in [0.2, 0.25) is 0 Å². The van der Waals surface area contributed by atoms with Crippen LogP contribution < -0.4 is 21.3 Å². The number of urea groups is 1. The molecule has 2 aliphatic rings. The van der Waals surface area contributed by atoms with Gasteiger partial charge in [-0.3, -0.25) is 19.2 Å². The molecule has 254 valence electrons. The van der Waals surface area contributed by atoms with Crippen LogP contribution in [0.15, 0.2) is 12.7 Å². The Morgan fingerprint density at radius 2 is 1.62 bits per heavy atom. The van der Waals surface area contributed by atoms with Gasteiger partial charge in [0.25, 0.3) is 5.91 Å². The van der Waals surface area contributed by atoms with Gasteiger partial charge in [-0.15, -0.1) is 6.58 Å². The van der Waals surface area contributed by atoms with Crippen LogP contribution in [0.1, 0.15) is 75.2 Å². The monoisotopic (exact) mass is 635 g/mol. The van der Waals surface area contributed by atoms with E-state index in [9.17, 15) is 28.8 Å². The summed E-state index contributed by atoms with van der Waals surface area (Å²) in [6.45, 7) is 20.8. The van der Waals surface area contributed by atoms with E-state index in [1.54, 1.807) is 0 Å². The third kappa shape index (κ3) is 9.20. The van der Waals surface area contributed by atoms with Gasteiger partial charge in [0.2, 0.25) is 17.6 Å². The predicted octanol–water partition coefficient (Wildman–Crippen LogP) is 2.54. The maximum atomic E-state index is 14.2. The van der Waals surface area contributed by atoms with Crippen molar-refractivity contribution < 1.29 is 38.2 Å². The van der Waals surface area contributed by atoms with Crippen LogP contribution in [0.5, 0.6) is 0 Å². The van der Waals surface area contributed by atoms with Crippen molar-refractivity contribution in [3.05, 3.63) is 12.7 Å². The van der Waals surface area contributed by atoms with Crippen LogP contribution >= 0.6 is 0 Å². The van der Waals surface area contributed by atoms with E-state index in [1.165, 1.54) is 18.1 Å². The van der Waals surface area contributed by atoms with E-state index >= 15 is 0 Å². The zero-order valence-electron chi connectivity index (χ0n) is 28.5. The number of amides is 5. The van der Waals surface area contributed by atoms with E-state index in [4.69, 9.17) is 4.74 Å². The van der Waals surface area contributed by atoms with Crippen LogP contribution in [-0.4, -0.2) is 91.6 Å². The molecule has 1 heterocycles. The number of carbonyl (C=O) groups excluding carboxylic acids is 6. The number of fused-ring (bicyclic) bond motifs is 1. The molecule has 0 bridgehead atoms. The molecule has 0 aromatic carbocycles. The molecule has 6 atom stereocenters. The lowest BCUT2D eigenvalue weighted by Crippen LogP contribution is -2.62. The highest BCUT2D eigenvalue weighted by molar-refractivity contribution is 6.38. The molecule has 45 heavy (non-hydrogen) atoms. The zero-order chi connectivity index (χ0) is 34.5. The van der Waals surface area contributed by atoms with Crippen LogP contribution in [0.3, 0.4) is 0 Å². The van der Waals surface area contributed by atoms with Gasteiger partial charge in [-0.05, 0) is 34.5 Å². The number of ether oxygens (including phenoxy) is 2. The minimum absolute atomic E-state index is 0.0589. The molecule has 0 radical (unpaired) electrons. The van der Waals surface area contributed by atoms with E-state index in [0.29, 0.717) is 13.0 Å². The number of hydrogen-bond acceptors (Lipinski definition) is 8. The first kappa shape index (κ1) is 37.5. The molecule has 1 saturated carbocycles. The smallest absolute Gasteiger partial charge is 0.438 e. The Bertz CT molecular complexity index is 1160. The van der Waals surface area contributed by atoms with Crippen LogP contribution in [-0.2, 0) is 28.7 Å². The average Bonchev–Trinajstić information content (AvgIpc) is 3.26.